The zero-order valence-corrected chi connectivity index (χ0v) is 17.2. The first-order chi connectivity index (χ1) is 15.7. The van der Waals surface area contributed by atoms with E-state index in [0.29, 0.717) is 16.8 Å². The number of benzene rings is 2. The second kappa shape index (κ2) is 9.08. The lowest BCUT2D eigenvalue weighted by molar-refractivity contribution is -0.274. The van der Waals surface area contributed by atoms with E-state index in [1.54, 1.807) is 36.7 Å². The van der Waals surface area contributed by atoms with Crippen LogP contribution in [0.15, 0.2) is 67.0 Å². The number of amides is 1. The molecule has 7 nitrogen and oxygen atoms in total. The highest BCUT2D eigenvalue weighted by atomic mass is 19.4. The predicted octanol–water partition coefficient (Wildman–Crippen LogP) is 3.44. The fourth-order valence-corrected chi connectivity index (χ4v) is 3.62. The first kappa shape index (κ1) is 22.6. The lowest BCUT2D eigenvalue weighted by Gasteiger charge is -2.22. The number of hydrogen-bond acceptors (Lipinski definition) is 6. The number of alkyl halides is 3. The Morgan fingerprint density at radius 3 is 2.36 bits per heavy atom. The molecule has 1 fully saturated rings. The molecular formula is C23H20F3N3O4. The molecule has 0 unspecified atom stereocenters. The Morgan fingerprint density at radius 2 is 1.76 bits per heavy atom. The molecule has 3 aromatic rings. The Hall–Kier alpha value is -3.63. The van der Waals surface area contributed by atoms with Crippen molar-refractivity contribution in [3.8, 4) is 16.9 Å². The number of halogens is 3. The van der Waals surface area contributed by atoms with Gasteiger partial charge in [-0.3, -0.25) is 9.78 Å². The largest absolute Gasteiger partial charge is 0.573 e. The van der Waals surface area contributed by atoms with Gasteiger partial charge in [-0.15, -0.1) is 13.2 Å². The van der Waals surface area contributed by atoms with Crippen molar-refractivity contribution in [1.29, 1.82) is 0 Å². The second-order valence-corrected chi connectivity index (χ2v) is 7.54. The summed E-state index contributed by atoms with van der Waals surface area (Å²) in [4.78, 5) is 18.8. The average Bonchev–Trinajstić information content (AvgIpc) is 3.12. The Balaban J connectivity index is 1.58. The number of carbonyl (C=O) groups is 1. The van der Waals surface area contributed by atoms with Gasteiger partial charge in [0.25, 0.3) is 5.91 Å². The zero-order chi connectivity index (χ0) is 23.6. The number of anilines is 2. The van der Waals surface area contributed by atoms with Crippen LogP contribution in [0.2, 0.25) is 0 Å². The minimum atomic E-state index is -4.80. The number of carbonyl (C=O) groups excluding carboxylic acids is 1. The monoisotopic (exact) mass is 459 g/mol. The van der Waals surface area contributed by atoms with Crippen LogP contribution in [0.4, 0.5) is 24.5 Å². The van der Waals surface area contributed by atoms with E-state index in [2.05, 4.69) is 15.0 Å². The lowest BCUT2D eigenvalue weighted by atomic mass is 10.0. The molecule has 4 rings (SSSR count). The van der Waals surface area contributed by atoms with Crippen molar-refractivity contribution < 1.29 is 32.9 Å². The van der Waals surface area contributed by atoms with Crippen molar-refractivity contribution in [3.63, 3.8) is 0 Å². The third-order valence-electron chi connectivity index (χ3n) is 5.18. The van der Waals surface area contributed by atoms with Gasteiger partial charge in [-0.05, 0) is 48.5 Å². The number of β-amino-alcohol motifs (C(OH)–C–C–N with tert-alkyl or cyclic N) is 2. The minimum absolute atomic E-state index is 0.242. The first-order valence-electron chi connectivity index (χ1n) is 10.0. The maximum Gasteiger partial charge on any atom is 0.573 e. The van der Waals surface area contributed by atoms with Crippen LogP contribution in [0.25, 0.3) is 11.1 Å². The number of aromatic nitrogens is 1. The summed E-state index contributed by atoms with van der Waals surface area (Å²) in [5.41, 5.74) is 2.77. The van der Waals surface area contributed by atoms with Crippen LogP contribution in [0.1, 0.15) is 10.4 Å². The van der Waals surface area contributed by atoms with Gasteiger partial charge in [0.15, 0.2) is 0 Å². The third-order valence-corrected chi connectivity index (χ3v) is 5.18. The summed E-state index contributed by atoms with van der Waals surface area (Å²) in [6.07, 6.45) is -3.28. The van der Waals surface area contributed by atoms with Gasteiger partial charge in [0.1, 0.15) is 5.75 Å². The summed E-state index contributed by atoms with van der Waals surface area (Å²) >= 11 is 0. The van der Waals surface area contributed by atoms with Gasteiger partial charge in [0.2, 0.25) is 0 Å². The van der Waals surface area contributed by atoms with Crippen molar-refractivity contribution in [2.24, 2.45) is 0 Å². The normalized spacial score (nSPS) is 18.3. The van der Waals surface area contributed by atoms with E-state index in [4.69, 9.17) is 0 Å². The summed E-state index contributed by atoms with van der Waals surface area (Å²) < 4.78 is 40.8. The molecule has 2 atom stereocenters. The molecule has 1 aliphatic heterocycles. The molecule has 1 aromatic heterocycles. The van der Waals surface area contributed by atoms with Crippen molar-refractivity contribution in [2.45, 2.75) is 18.6 Å². The van der Waals surface area contributed by atoms with Gasteiger partial charge in [0.05, 0.1) is 12.2 Å². The van der Waals surface area contributed by atoms with E-state index in [0.717, 1.165) is 23.4 Å². The standard InChI is InChI=1S/C23H20F3N3O4/c24-23(25,26)33-17-6-4-16(5-7-17)28-22(32)14-3-8-19(29-12-20(30)21(31)13-29)18(10-14)15-2-1-9-27-11-15/h1-11,20-21,30-31H,12-13H2,(H,28,32)/t20-,21-/m0/s1. The van der Waals surface area contributed by atoms with E-state index in [-0.39, 0.29) is 13.1 Å². The van der Waals surface area contributed by atoms with Crippen molar-refractivity contribution in [1.82, 2.24) is 4.98 Å². The van der Waals surface area contributed by atoms with Crippen LogP contribution in [-0.2, 0) is 0 Å². The van der Waals surface area contributed by atoms with Gasteiger partial charge in [-0.2, -0.15) is 0 Å². The Morgan fingerprint density at radius 1 is 1.06 bits per heavy atom. The SMILES string of the molecule is O=C(Nc1ccc(OC(F)(F)F)cc1)c1ccc(N2C[C@H](O)[C@@H](O)C2)c(-c2cccnc2)c1. The smallest absolute Gasteiger partial charge is 0.406 e. The van der Waals surface area contributed by atoms with Crippen molar-refractivity contribution in [3.05, 3.63) is 72.6 Å². The molecular weight excluding hydrogens is 439 g/mol. The molecule has 1 amide bonds. The Kier molecular flexibility index (Phi) is 6.21. The number of hydrogen-bond donors (Lipinski definition) is 3. The summed E-state index contributed by atoms with van der Waals surface area (Å²) in [6, 6.07) is 13.4. The van der Waals surface area contributed by atoms with Crippen LogP contribution in [0.3, 0.4) is 0 Å². The number of aliphatic hydroxyl groups is 2. The molecule has 2 heterocycles. The molecule has 10 heteroatoms. The van der Waals surface area contributed by atoms with Crippen LogP contribution < -0.4 is 15.0 Å². The van der Waals surface area contributed by atoms with E-state index >= 15 is 0 Å². The van der Waals surface area contributed by atoms with Gasteiger partial charge in [-0.25, -0.2) is 0 Å². The first-order valence-corrected chi connectivity index (χ1v) is 10.0. The highest BCUT2D eigenvalue weighted by Gasteiger charge is 2.32. The number of nitrogens with one attached hydrogen (secondary N) is 1. The second-order valence-electron chi connectivity index (χ2n) is 7.54. The summed E-state index contributed by atoms with van der Waals surface area (Å²) in [7, 11) is 0. The molecule has 0 aliphatic carbocycles. The van der Waals surface area contributed by atoms with E-state index in [9.17, 15) is 28.2 Å². The maximum atomic E-state index is 12.8. The van der Waals surface area contributed by atoms with Gasteiger partial charge in [-0.1, -0.05) is 6.07 Å². The van der Waals surface area contributed by atoms with Gasteiger partial charge >= 0.3 is 6.36 Å². The minimum Gasteiger partial charge on any atom is -0.406 e. The lowest BCUT2D eigenvalue weighted by Crippen LogP contribution is -2.22. The summed E-state index contributed by atoms with van der Waals surface area (Å²) in [5, 5.41) is 22.5. The van der Waals surface area contributed by atoms with E-state index < -0.39 is 30.2 Å². The molecule has 3 N–H and O–H groups in total. The maximum absolute atomic E-state index is 12.8. The Bertz CT molecular complexity index is 1110. The third kappa shape index (κ3) is 5.41. The van der Waals surface area contributed by atoms with Crippen LogP contribution in [0.5, 0.6) is 5.75 Å². The highest BCUT2D eigenvalue weighted by Crippen LogP contribution is 2.34. The molecule has 0 bridgehead atoms. The predicted molar refractivity (Wildman–Crippen MR) is 115 cm³/mol. The van der Waals surface area contributed by atoms with Gasteiger partial charge in [0, 0.05) is 53.5 Å². The highest BCUT2D eigenvalue weighted by molar-refractivity contribution is 6.05. The van der Waals surface area contributed by atoms with Crippen molar-refractivity contribution >= 4 is 17.3 Å². The zero-order valence-electron chi connectivity index (χ0n) is 17.2. The number of nitrogens with zero attached hydrogens (tertiary/aromatic N) is 2. The topological polar surface area (TPSA) is 94.9 Å². The van der Waals surface area contributed by atoms with E-state index in [1.807, 2.05) is 11.0 Å². The number of aliphatic hydroxyl groups excluding tert-OH is 2. The van der Waals surface area contributed by atoms with Crippen LogP contribution in [0, 0.1) is 0 Å². The molecule has 2 aromatic carbocycles. The average molecular weight is 459 g/mol. The van der Waals surface area contributed by atoms with Crippen molar-refractivity contribution in [2.75, 3.05) is 23.3 Å². The number of pyridine rings is 1. The van der Waals surface area contributed by atoms with Crippen LogP contribution in [-0.4, -0.2) is 52.8 Å². The molecule has 1 aliphatic rings. The quantitative estimate of drug-likeness (QED) is 0.541. The Labute approximate surface area is 187 Å². The fraction of sp³-hybridized carbons (Fsp3) is 0.217. The van der Waals surface area contributed by atoms with Gasteiger partial charge < -0.3 is 25.2 Å². The number of rotatable bonds is 5. The van der Waals surface area contributed by atoms with Crippen LogP contribution >= 0.6 is 0 Å². The van der Waals surface area contributed by atoms with E-state index in [1.165, 1.54) is 12.1 Å². The molecule has 0 saturated carbocycles. The molecule has 0 radical (unpaired) electrons. The molecule has 172 valence electrons. The molecule has 1 saturated heterocycles. The summed E-state index contributed by atoms with van der Waals surface area (Å²) in [5.74, 6) is -0.851. The summed E-state index contributed by atoms with van der Waals surface area (Å²) in [6.45, 7) is 0.485. The fourth-order valence-electron chi connectivity index (χ4n) is 3.62. The molecule has 33 heavy (non-hydrogen) atoms. The number of ether oxygens (including phenoxy) is 1. The molecule has 0 spiro atoms.